The second kappa shape index (κ2) is 8.21. The number of carbonyl (C=O) groups excluding carboxylic acids is 1. The summed E-state index contributed by atoms with van der Waals surface area (Å²) >= 11 is 1.67. The molecule has 144 valence electrons. The number of anilines is 1. The topological polar surface area (TPSA) is 64.4 Å². The van der Waals surface area contributed by atoms with Gasteiger partial charge in [-0.1, -0.05) is 47.5 Å². The number of hydrogen-bond acceptors (Lipinski definition) is 5. The van der Waals surface area contributed by atoms with Crippen LogP contribution in [0.4, 0.5) is 10.5 Å². The maximum Gasteiger partial charge on any atom is 0.412 e. The lowest BCUT2D eigenvalue weighted by Gasteiger charge is -2.13. The van der Waals surface area contributed by atoms with Crippen molar-refractivity contribution in [3.63, 3.8) is 0 Å². The van der Waals surface area contributed by atoms with Crippen molar-refractivity contribution in [2.75, 3.05) is 5.32 Å². The molecule has 29 heavy (non-hydrogen) atoms. The molecule has 6 heteroatoms. The highest BCUT2D eigenvalue weighted by Crippen LogP contribution is 2.23. The van der Waals surface area contributed by atoms with Crippen LogP contribution in [-0.2, 0) is 4.74 Å². The molecule has 1 unspecified atom stereocenters. The molecule has 0 radical (unpaired) electrons. The van der Waals surface area contributed by atoms with E-state index in [-0.39, 0.29) is 11.9 Å². The molecule has 0 spiro atoms. The van der Waals surface area contributed by atoms with Gasteiger partial charge in [0, 0.05) is 10.3 Å². The summed E-state index contributed by atoms with van der Waals surface area (Å²) in [5, 5.41) is 9.85. The lowest BCUT2D eigenvalue weighted by molar-refractivity contribution is 0.121. The van der Waals surface area contributed by atoms with Crippen molar-refractivity contribution in [2.45, 2.75) is 20.0 Å². The zero-order valence-electron chi connectivity index (χ0n) is 15.9. The minimum atomic E-state index is -0.587. The van der Waals surface area contributed by atoms with E-state index in [0.29, 0.717) is 11.4 Å². The summed E-state index contributed by atoms with van der Waals surface area (Å²) in [6.45, 7) is 3.56. The number of carbonyl (C=O) groups is 1. The number of fused-ring (bicyclic) bond motifs is 1. The summed E-state index contributed by atoms with van der Waals surface area (Å²) in [5.74, 6) is 6.31. The van der Waals surface area contributed by atoms with E-state index < -0.39 is 6.09 Å². The van der Waals surface area contributed by atoms with Crippen molar-refractivity contribution in [3.05, 3.63) is 82.6 Å². The van der Waals surface area contributed by atoms with Crippen molar-refractivity contribution < 1.29 is 14.1 Å². The minimum Gasteiger partial charge on any atom is -0.441 e. The fourth-order valence-electron chi connectivity index (χ4n) is 2.85. The number of amides is 1. The predicted molar refractivity (Wildman–Crippen MR) is 114 cm³/mol. The maximum atomic E-state index is 12.3. The van der Waals surface area contributed by atoms with Crippen molar-refractivity contribution in [1.29, 1.82) is 0 Å². The van der Waals surface area contributed by atoms with Crippen molar-refractivity contribution in [3.8, 4) is 11.8 Å². The summed E-state index contributed by atoms with van der Waals surface area (Å²) in [4.78, 5) is 12.3. The molecule has 4 aromatic rings. The Morgan fingerprint density at radius 3 is 2.83 bits per heavy atom. The first-order valence-electron chi connectivity index (χ1n) is 9.08. The summed E-state index contributed by atoms with van der Waals surface area (Å²) < 4.78 is 11.9. The Kier molecular flexibility index (Phi) is 5.32. The molecule has 1 amide bonds. The summed E-state index contributed by atoms with van der Waals surface area (Å²) in [6.07, 6.45) is -0.973. The van der Waals surface area contributed by atoms with Crippen LogP contribution in [-0.4, -0.2) is 11.2 Å². The molecule has 4 rings (SSSR count). The fourth-order valence-corrected chi connectivity index (χ4v) is 3.68. The van der Waals surface area contributed by atoms with Gasteiger partial charge in [0.1, 0.15) is 17.5 Å². The molecular weight excluding hydrogens is 384 g/mol. The largest absolute Gasteiger partial charge is 0.441 e. The average Bonchev–Trinajstić information content (AvgIpc) is 3.33. The first-order valence-corrected chi connectivity index (χ1v) is 9.96. The van der Waals surface area contributed by atoms with E-state index in [4.69, 9.17) is 9.26 Å². The highest BCUT2D eigenvalue weighted by molar-refractivity contribution is 7.17. The third-order valence-electron chi connectivity index (χ3n) is 4.42. The molecule has 5 nitrogen and oxygen atoms in total. The van der Waals surface area contributed by atoms with Gasteiger partial charge < -0.3 is 9.26 Å². The number of nitrogens with zero attached hydrogens (tertiary/aromatic N) is 1. The van der Waals surface area contributed by atoms with Crippen LogP contribution in [0.1, 0.15) is 35.6 Å². The monoisotopic (exact) mass is 402 g/mol. The predicted octanol–water partition coefficient (Wildman–Crippen LogP) is 5.91. The molecule has 1 atom stereocenters. The summed E-state index contributed by atoms with van der Waals surface area (Å²) in [7, 11) is 0. The molecule has 0 fully saturated rings. The second-order valence-electron chi connectivity index (χ2n) is 6.48. The lowest BCUT2D eigenvalue weighted by atomic mass is 10.1. The third-order valence-corrected chi connectivity index (χ3v) is 5.30. The van der Waals surface area contributed by atoms with Crippen LogP contribution in [0.3, 0.4) is 0 Å². The average molecular weight is 402 g/mol. The van der Waals surface area contributed by atoms with Gasteiger partial charge in [-0.3, -0.25) is 5.32 Å². The van der Waals surface area contributed by atoms with Crippen LogP contribution in [0.5, 0.6) is 0 Å². The Bertz CT molecular complexity index is 1220. The molecule has 2 heterocycles. The van der Waals surface area contributed by atoms with Crippen LogP contribution in [0.25, 0.3) is 10.1 Å². The maximum absolute atomic E-state index is 12.3. The van der Waals surface area contributed by atoms with Crippen LogP contribution >= 0.6 is 11.3 Å². The van der Waals surface area contributed by atoms with E-state index in [1.165, 1.54) is 10.1 Å². The van der Waals surface area contributed by atoms with Gasteiger partial charge in [0.15, 0.2) is 0 Å². The molecule has 0 saturated heterocycles. The van der Waals surface area contributed by atoms with Gasteiger partial charge in [-0.2, -0.15) is 0 Å². The molecule has 0 aliphatic carbocycles. The number of nitrogens with one attached hydrogen (secondary N) is 1. The minimum absolute atomic E-state index is 0.290. The highest BCUT2D eigenvalue weighted by Gasteiger charge is 2.17. The van der Waals surface area contributed by atoms with Gasteiger partial charge in [0.2, 0.25) is 5.76 Å². The molecule has 2 aromatic heterocycles. The molecule has 0 bridgehead atoms. The first-order chi connectivity index (χ1) is 14.1. The van der Waals surface area contributed by atoms with E-state index in [2.05, 4.69) is 28.4 Å². The van der Waals surface area contributed by atoms with E-state index in [0.717, 1.165) is 11.1 Å². The summed E-state index contributed by atoms with van der Waals surface area (Å²) in [6, 6.07) is 17.6. The van der Waals surface area contributed by atoms with Crippen molar-refractivity contribution in [1.82, 2.24) is 5.16 Å². The van der Waals surface area contributed by atoms with E-state index in [9.17, 15) is 4.79 Å². The number of hydrogen-bond donors (Lipinski definition) is 1. The van der Waals surface area contributed by atoms with Crippen LogP contribution in [0.2, 0.25) is 0 Å². The van der Waals surface area contributed by atoms with Gasteiger partial charge in [-0.15, -0.1) is 11.3 Å². The number of ether oxygens (including phenoxy) is 1. The van der Waals surface area contributed by atoms with Gasteiger partial charge in [-0.05, 0) is 54.3 Å². The normalized spacial score (nSPS) is 11.5. The zero-order chi connectivity index (χ0) is 20.2. The quantitative estimate of drug-likeness (QED) is 0.433. The summed E-state index contributed by atoms with van der Waals surface area (Å²) in [5.41, 5.74) is 2.72. The Morgan fingerprint density at radius 2 is 2.00 bits per heavy atom. The first kappa shape index (κ1) is 18.8. The van der Waals surface area contributed by atoms with Crippen LogP contribution in [0.15, 0.2) is 64.5 Å². The van der Waals surface area contributed by atoms with E-state index in [1.807, 2.05) is 60.8 Å². The molecule has 1 N–H and O–H groups in total. The lowest BCUT2D eigenvalue weighted by Crippen LogP contribution is -2.16. The number of benzene rings is 2. The Balaban J connectivity index is 1.49. The van der Waals surface area contributed by atoms with E-state index >= 15 is 0 Å². The highest BCUT2D eigenvalue weighted by atomic mass is 32.1. The number of aromatic nitrogens is 1. The standard InChI is InChI=1S/C23H18N2O3S/c1-15-22(24-23(26)27-16(2)18-6-4-3-5-7-18)20(28-25-15)11-9-17-8-10-19-12-13-29-21(19)14-17/h3-8,10,12-14,16H,1-2H3,(H,24,26). The van der Waals surface area contributed by atoms with Crippen LogP contribution in [0, 0.1) is 18.8 Å². The Labute approximate surface area is 172 Å². The zero-order valence-corrected chi connectivity index (χ0v) is 16.7. The molecule has 2 aromatic carbocycles. The number of rotatable bonds is 3. The SMILES string of the molecule is Cc1noc(C#Cc2ccc3ccsc3c2)c1NC(=O)OC(C)c1ccccc1. The van der Waals surface area contributed by atoms with Crippen molar-refractivity contribution in [2.24, 2.45) is 0 Å². The van der Waals surface area contributed by atoms with Gasteiger partial charge in [0.05, 0.1) is 0 Å². The smallest absolute Gasteiger partial charge is 0.412 e. The van der Waals surface area contributed by atoms with Gasteiger partial charge in [0.25, 0.3) is 0 Å². The number of aryl methyl sites for hydroxylation is 1. The Morgan fingerprint density at radius 1 is 1.17 bits per heavy atom. The molecule has 0 aliphatic rings. The van der Waals surface area contributed by atoms with E-state index in [1.54, 1.807) is 18.3 Å². The molecular formula is C23H18N2O3S. The van der Waals surface area contributed by atoms with Gasteiger partial charge in [-0.25, -0.2) is 4.79 Å². The van der Waals surface area contributed by atoms with Crippen LogP contribution < -0.4 is 5.32 Å². The Hall–Kier alpha value is -3.56. The van der Waals surface area contributed by atoms with Gasteiger partial charge >= 0.3 is 6.09 Å². The second-order valence-corrected chi connectivity index (χ2v) is 7.43. The molecule has 0 saturated carbocycles. The third kappa shape index (κ3) is 4.31. The molecule has 0 aliphatic heterocycles. The fraction of sp³-hybridized carbons (Fsp3) is 0.130. The number of thiophene rings is 1. The van der Waals surface area contributed by atoms with Crippen molar-refractivity contribution >= 4 is 33.2 Å².